The lowest BCUT2D eigenvalue weighted by atomic mass is 9.81. The van der Waals surface area contributed by atoms with E-state index in [4.69, 9.17) is 0 Å². The average Bonchev–Trinajstić information content (AvgIpc) is 2.88. The first-order valence-corrected chi connectivity index (χ1v) is 7.00. The van der Waals surface area contributed by atoms with E-state index in [0.29, 0.717) is 17.8 Å². The van der Waals surface area contributed by atoms with E-state index in [1.165, 1.54) is 51.2 Å². The molecule has 0 spiro atoms. The van der Waals surface area contributed by atoms with Crippen molar-refractivity contribution in [3.05, 3.63) is 12.2 Å². The number of fused-ring (bicyclic) bond motifs is 2. The number of carbonyl (C=O) groups excluding carboxylic acids is 1. The average molecular weight is 220 g/mol. The van der Waals surface area contributed by atoms with Gasteiger partial charge in [0.25, 0.3) is 0 Å². The second-order valence-electron chi connectivity index (χ2n) is 5.53. The first-order valence-electron chi connectivity index (χ1n) is 7.00. The highest BCUT2D eigenvalue weighted by atomic mass is 16.1. The molecule has 1 saturated carbocycles. The second kappa shape index (κ2) is 5.65. The van der Waals surface area contributed by atoms with Crippen LogP contribution in [0.4, 0.5) is 0 Å². The summed E-state index contributed by atoms with van der Waals surface area (Å²) in [6, 6.07) is 0. The minimum atomic E-state index is 0.348. The highest BCUT2D eigenvalue weighted by molar-refractivity contribution is 5.57. The van der Waals surface area contributed by atoms with Crippen LogP contribution >= 0.6 is 0 Å². The van der Waals surface area contributed by atoms with Gasteiger partial charge in [0, 0.05) is 5.92 Å². The van der Waals surface area contributed by atoms with E-state index >= 15 is 0 Å². The topological polar surface area (TPSA) is 17.1 Å². The minimum Gasteiger partial charge on any atom is -0.303 e. The summed E-state index contributed by atoms with van der Waals surface area (Å²) in [5, 5.41) is 0. The fourth-order valence-electron chi connectivity index (χ4n) is 3.55. The molecule has 2 rings (SSSR count). The van der Waals surface area contributed by atoms with Gasteiger partial charge < -0.3 is 4.79 Å². The van der Waals surface area contributed by atoms with Crippen molar-refractivity contribution in [2.24, 2.45) is 23.7 Å². The summed E-state index contributed by atoms with van der Waals surface area (Å²) in [5.74, 6) is 2.34. The summed E-state index contributed by atoms with van der Waals surface area (Å²) in [6.07, 6.45) is 15.1. The molecule has 0 heterocycles. The fraction of sp³-hybridized carbons (Fsp3) is 0.800. The lowest BCUT2D eigenvalue weighted by molar-refractivity contribution is -0.113. The molecule has 0 aromatic rings. The molecule has 1 fully saturated rings. The minimum absolute atomic E-state index is 0.348. The Morgan fingerprint density at radius 1 is 1.12 bits per heavy atom. The third kappa shape index (κ3) is 2.39. The van der Waals surface area contributed by atoms with E-state index in [0.717, 1.165) is 5.92 Å². The SMILES string of the molecule is CCCCCCC[C@H]1[C@H](C=O)[C@H]2C=C[C@@H]1C2. The largest absolute Gasteiger partial charge is 0.303 e. The van der Waals surface area contributed by atoms with E-state index in [9.17, 15) is 4.79 Å². The van der Waals surface area contributed by atoms with Gasteiger partial charge in [-0.05, 0) is 30.6 Å². The van der Waals surface area contributed by atoms with Crippen molar-refractivity contribution in [1.82, 2.24) is 0 Å². The van der Waals surface area contributed by atoms with E-state index in [2.05, 4.69) is 19.1 Å². The van der Waals surface area contributed by atoms with Gasteiger partial charge in [0.1, 0.15) is 6.29 Å². The van der Waals surface area contributed by atoms with E-state index in [1.54, 1.807) is 0 Å². The zero-order valence-electron chi connectivity index (χ0n) is 10.4. The maximum absolute atomic E-state index is 11.1. The Morgan fingerprint density at radius 3 is 2.62 bits per heavy atom. The molecule has 2 aliphatic rings. The van der Waals surface area contributed by atoms with Crippen molar-refractivity contribution >= 4 is 6.29 Å². The Labute approximate surface area is 99.3 Å². The van der Waals surface area contributed by atoms with Crippen LogP contribution in [-0.4, -0.2) is 6.29 Å². The van der Waals surface area contributed by atoms with Crippen molar-refractivity contribution in [1.29, 1.82) is 0 Å². The molecule has 1 heteroatoms. The molecule has 0 aromatic heterocycles. The van der Waals surface area contributed by atoms with Crippen LogP contribution in [-0.2, 0) is 4.79 Å². The van der Waals surface area contributed by atoms with Gasteiger partial charge in [-0.3, -0.25) is 0 Å². The zero-order valence-corrected chi connectivity index (χ0v) is 10.4. The van der Waals surface area contributed by atoms with Gasteiger partial charge >= 0.3 is 0 Å². The fourth-order valence-corrected chi connectivity index (χ4v) is 3.55. The predicted octanol–water partition coefficient (Wildman–Crippen LogP) is 3.98. The van der Waals surface area contributed by atoms with Crippen LogP contribution in [0.3, 0.4) is 0 Å². The van der Waals surface area contributed by atoms with Crippen molar-refractivity contribution in [3.63, 3.8) is 0 Å². The molecule has 0 aromatic carbocycles. The van der Waals surface area contributed by atoms with Crippen LogP contribution in [0.25, 0.3) is 0 Å². The third-order valence-corrected chi connectivity index (χ3v) is 4.49. The van der Waals surface area contributed by atoms with Crippen LogP contribution in [0.5, 0.6) is 0 Å². The van der Waals surface area contributed by atoms with Crippen LogP contribution in [0.15, 0.2) is 12.2 Å². The molecule has 2 aliphatic carbocycles. The van der Waals surface area contributed by atoms with Crippen LogP contribution in [0.1, 0.15) is 51.9 Å². The molecule has 0 N–H and O–H groups in total. The molecule has 90 valence electrons. The summed E-state index contributed by atoms with van der Waals surface area (Å²) in [6.45, 7) is 2.25. The molecule has 2 bridgehead atoms. The quantitative estimate of drug-likeness (QED) is 0.360. The van der Waals surface area contributed by atoms with Crippen molar-refractivity contribution in [2.75, 3.05) is 0 Å². The lowest BCUT2D eigenvalue weighted by Crippen LogP contribution is -2.20. The number of allylic oxidation sites excluding steroid dienone is 2. The Balaban J connectivity index is 1.72. The molecular formula is C15H24O. The maximum Gasteiger partial charge on any atom is 0.123 e. The maximum atomic E-state index is 11.1. The van der Waals surface area contributed by atoms with Gasteiger partial charge in [-0.2, -0.15) is 0 Å². The number of hydrogen-bond acceptors (Lipinski definition) is 1. The second-order valence-corrected chi connectivity index (χ2v) is 5.53. The number of rotatable bonds is 7. The molecule has 0 aliphatic heterocycles. The molecule has 0 unspecified atom stereocenters. The molecule has 4 atom stereocenters. The van der Waals surface area contributed by atoms with Crippen molar-refractivity contribution in [2.45, 2.75) is 51.9 Å². The zero-order chi connectivity index (χ0) is 11.4. The summed E-state index contributed by atoms with van der Waals surface area (Å²) in [7, 11) is 0. The number of unbranched alkanes of at least 4 members (excludes halogenated alkanes) is 4. The van der Waals surface area contributed by atoms with Gasteiger partial charge in [-0.1, -0.05) is 51.2 Å². The van der Waals surface area contributed by atoms with Crippen LogP contribution < -0.4 is 0 Å². The number of aldehydes is 1. The smallest absolute Gasteiger partial charge is 0.123 e. The highest BCUT2D eigenvalue weighted by Gasteiger charge is 2.43. The molecular weight excluding hydrogens is 196 g/mol. The number of hydrogen-bond donors (Lipinski definition) is 0. The Hall–Kier alpha value is -0.590. The van der Waals surface area contributed by atoms with Crippen LogP contribution in [0, 0.1) is 23.7 Å². The van der Waals surface area contributed by atoms with Gasteiger partial charge in [-0.15, -0.1) is 0 Å². The Morgan fingerprint density at radius 2 is 1.88 bits per heavy atom. The van der Waals surface area contributed by atoms with E-state index in [1.807, 2.05) is 0 Å². The van der Waals surface area contributed by atoms with E-state index in [-0.39, 0.29) is 0 Å². The lowest BCUT2D eigenvalue weighted by Gasteiger charge is -2.23. The van der Waals surface area contributed by atoms with Crippen LogP contribution in [0.2, 0.25) is 0 Å². The standard InChI is InChI=1S/C15H24O/c1-2-3-4-5-6-7-14-12-8-9-13(10-12)15(14)11-16/h8-9,11-15H,2-7,10H2,1H3/t12-,13+,14-,15-/m1/s1. The normalized spacial score (nSPS) is 35.8. The Bertz CT molecular complexity index is 256. The van der Waals surface area contributed by atoms with Gasteiger partial charge in [0.2, 0.25) is 0 Å². The third-order valence-electron chi connectivity index (χ3n) is 4.49. The Kier molecular flexibility index (Phi) is 4.20. The molecule has 1 nitrogen and oxygen atoms in total. The molecule has 16 heavy (non-hydrogen) atoms. The predicted molar refractivity (Wildman–Crippen MR) is 67.2 cm³/mol. The molecule has 0 radical (unpaired) electrons. The van der Waals surface area contributed by atoms with Crippen molar-refractivity contribution < 1.29 is 4.79 Å². The highest BCUT2D eigenvalue weighted by Crippen LogP contribution is 2.48. The van der Waals surface area contributed by atoms with E-state index < -0.39 is 0 Å². The monoisotopic (exact) mass is 220 g/mol. The van der Waals surface area contributed by atoms with Gasteiger partial charge in [0.05, 0.1) is 0 Å². The molecule has 0 saturated heterocycles. The number of carbonyl (C=O) groups is 1. The first-order chi connectivity index (χ1) is 7.86. The van der Waals surface area contributed by atoms with Crippen molar-refractivity contribution in [3.8, 4) is 0 Å². The summed E-state index contributed by atoms with van der Waals surface area (Å²) < 4.78 is 0. The first kappa shape index (κ1) is 11.9. The summed E-state index contributed by atoms with van der Waals surface area (Å²) in [4.78, 5) is 11.1. The molecule has 0 amide bonds. The van der Waals surface area contributed by atoms with Gasteiger partial charge in [0.15, 0.2) is 0 Å². The summed E-state index contributed by atoms with van der Waals surface area (Å²) in [5.41, 5.74) is 0. The van der Waals surface area contributed by atoms with Gasteiger partial charge in [-0.25, -0.2) is 0 Å². The summed E-state index contributed by atoms with van der Waals surface area (Å²) >= 11 is 0.